The molecule has 0 aromatic heterocycles. The molecule has 1 heteroatoms. The molecule has 0 heterocycles. The zero-order valence-corrected chi connectivity index (χ0v) is 13.3. The Labute approximate surface area is 120 Å². The first-order valence-electron chi connectivity index (χ1n) is 8.50. The first-order chi connectivity index (χ1) is 9.45. The van der Waals surface area contributed by atoms with Crippen LogP contribution in [0, 0.1) is 0 Å². The van der Waals surface area contributed by atoms with Gasteiger partial charge >= 0.3 is 0 Å². The Morgan fingerprint density at radius 1 is 0.632 bits per heavy atom. The zero-order chi connectivity index (χ0) is 12.9. The monoisotopic (exact) mass is 272 g/mol. The lowest BCUT2D eigenvalue weighted by Gasteiger charge is -2.37. The summed E-state index contributed by atoms with van der Waals surface area (Å²) in [5.74, 6) is 0. The minimum atomic E-state index is -0.755. The van der Waals surface area contributed by atoms with Gasteiger partial charge in [-0.3, -0.25) is 0 Å². The van der Waals surface area contributed by atoms with Gasteiger partial charge in [-0.1, -0.05) is 99.7 Å². The highest BCUT2D eigenvalue weighted by Gasteiger charge is 2.33. The highest BCUT2D eigenvalue weighted by molar-refractivity contribution is 6.75. The van der Waals surface area contributed by atoms with Crippen molar-refractivity contribution in [2.24, 2.45) is 0 Å². The molecule has 0 nitrogen and oxygen atoms in total. The van der Waals surface area contributed by atoms with E-state index in [0.29, 0.717) is 0 Å². The maximum Gasteiger partial charge on any atom is 0.0769 e. The van der Waals surface area contributed by atoms with Crippen LogP contribution in [0.25, 0.3) is 0 Å². The predicted octanol–water partition coefficient (Wildman–Crippen LogP) is 4.79. The van der Waals surface area contributed by atoms with Crippen LogP contribution in [0.2, 0.25) is 11.1 Å². The van der Waals surface area contributed by atoms with E-state index >= 15 is 0 Å². The molecule has 2 aliphatic carbocycles. The number of rotatable bonds is 3. The van der Waals surface area contributed by atoms with Crippen molar-refractivity contribution in [1.82, 2.24) is 0 Å². The number of hydrogen-bond donors (Lipinski definition) is 0. The molecule has 104 valence electrons. The van der Waals surface area contributed by atoms with Crippen LogP contribution in [0.4, 0.5) is 0 Å². The van der Waals surface area contributed by atoms with Gasteiger partial charge in [0.25, 0.3) is 0 Å². The predicted molar refractivity (Wildman–Crippen MR) is 86.9 cm³/mol. The molecule has 1 aromatic carbocycles. The molecule has 2 aliphatic rings. The van der Waals surface area contributed by atoms with Crippen LogP contribution in [0.1, 0.15) is 64.2 Å². The Hall–Kier alpha value is -0.563. The van der Waals surface area contributed by atoms with Crippen molar-refractivity contribution in [3.05, 3.63) is 30.3 Å². The van der Waals surface area contributed by atoms with Crippen LogP contribution in [0.15, 0.2) is 30.3 Å². The molecule has 0 atom stereocenters. The molecule has 0 spiro atoms. The first-order valence-corrected chi connectivity index (χ1v) is 10.4. The van der Waals surface area contributed by atoms with E-state index in [0.717, 1.165) is 11.1 Å². The van der Waals surface area contributed by atoms with Gasteiger partial charge in [0.15, 0.2) is 0 Å². The van der Waals surface area contributed by atoms with E-state index < -0.39 is 8.80 Å². The summed E-state index contributed by atoms with van der Waals surface area (Å²) >= 11 is 0. The average Bonchev–Trinajstić information content (AvgIpc) is 2.51. The summed E-state index contributed by atoms with van der Waals surface area (Å²) in [6.07, 6.45) is 15.2. The van der Waals surface area contributed by atoms with Gasteiger partial charge < -0.3 is 0 Å². The second-order valence-corrected chi connectivity index (χ2v) is 10.3. The molecule has 0 N–H and O–H groups in total. The Morgan fingerprint density at radius 2 is 1.11 bits per heavy atom. The summed E-state index contributed by atoms with van der Waals surface area (Å²) in [6.45, 7) is 0. The van der Waals surface area contributed by atoms with Gasteiger partial charge in [0, 0.05) is 0 Å². The largest absolute Gasteiger partial charge is 0.0769 e. The Bertz CT molecular complexity index is 343. The Balaban J connectivity index is 1.81. The van der Waals surface area contributed by atoms with Gasteiger partial charge in [-0.2, -0.15) is 0 Å². The molecule has 0 saturated heterocycles. The van der Waals surface area contributed by atoms with Crippen molar-refractivity contribution in [3.63, 3.8) is 0 Å². The van der Waals surface area contributed by atoms with Crippen LogP contribution in [0.5, 0.6) is 0 Å². The molecule has 2 fully saturated rings. The van der Waals surface area contributed by atoms with Gasteiger partial charge in [-0.05, 0) is 11.1 Å². The van der Waals surface area contributed by atoms with Gasteiger partial charge in [0.2, 0.25) is 0 Å². The van der Waals surface area contributed by atoms with E-state index in [1.165, 1.54) is 38.5 Å². The molecule has 0 bridgehead atoms. The van der Waals surface area contributed by atoms with Crippen molar-refractivity contribution in [3.8, 4) is 0 Å². The van der Waals surface area contributed by atoms with E-state index in [-0.39, 0.29) is 0 Å². The highest BCUT2D eigenvalue weighted by Crippen LogP contribution is 2.41. The smallest absolute Gasteiger partial charge is 0.0633 e. The molecule has 19 heavy (non-hydrogen) atoms. The maximum atomic E-state index is 2.46. The number of benzene rings is 1. The summed E-state index contributed by atoms with van der Waals surface area (Å²) in [6, 6.07) is 11.7. The van der Waals surface area contributed by atoms with Gasteiger partial charge in [0.05, 0.1) is 8.80 Å². The van der Waals surface area contributed by atoms with Crippen molar-refractivity contribution in [2.75, 3.05) is 0 Å². The van der Waals surface area contributed by atoms with Gasteiger partial charge in [0.1, 0.15) is 0 Å². The van der Waals surface area contributed by atoms with Crippen molar-refractivity contribution in [2.45, 2.75) is 75.3 Å². The highest BCUT2D eigenvalue weighted by atomic mass is 28.3. The van der Waals surface area contributed by atoms with Crippen molar-refractivity contribution >= 4 is 14.0 Å². The second-order valence-electron chi connectivity index (χ2n) is 6.73. The zero-order valence-electron chi connectivity index (χ0n) is 12.2. The molecule has 0 radical (unpaired) electrons. The van der Waals surface area contributed by atoms with Gasteiger partial charge in [-0.25, -0.2) is 0 Å². The fourth-order valence-corrected chi connectivity index (χ4v) is 9.50. The molecule has 1 aromatic rings. The third kappa shape index (κ3) is 3.31. The molecule has 0 aliphatic heterocycles. The summed E-state index contributed by atoms with van der Waals surface area (Å²) in [7, 11) is -0.755. The summed E-state index contributed by atoms with van der Waals surface area (Å²) in [5, 5.41) is 1.78. The third-order valence-corrected chi connectivity index (χ3v) is 10.0. The molecule has 0 unspecified atom stereocenters. The van der Waals surface area contributed by atoms with E-state index in [9.17, 15) is 0 Å². The van der Waals surface area contributed by atoms with Crippen LogP contribution < -0.4 is 5.19 Å². The minimum absolute atomic E-state index is 0.755. The summed E-state index contributed by atoms with van der Waals surface area (Å²) in [5.41, 5.74) is 2.22. The lowest BCUT2D eigenvalue weighted by Crippen LogP contribution is -2.41. The maximum absolute atomic E-state index is 2.46. The summed E-state index contributed by atoms with van der Waals surface area (Å²) < 4.78 is 0. The third-order valence-electron chi connectivity index (χ3n) is 5.50. The SMILES string of the molecule is c1ccc([SiH](C2CCCCC2)C2CCCCC2)cc1. The quantitative estimate of drug-likeness (QED) is 0.694. The standard InChI is InChI=1S/C18H28Si/c1-4-10-16(11-5-1)19(17-12-6-2-7-13-17)18-14-8-3-9-15-18/h1,4-5,10-11,17-19H,2-3,6-9,12-15H2. The Kier molecular flexibility index (Phi) is 4.76. The van der Waals surface area contributed by atoms with Crippen molar-refractivity contribution in [1.29, 1.82) is 0 Å². The molecular weight excluding hydrogens is 244 g/mol. The Morgan fingerprint density at radius 3 is 1.58 bits per heavy atom. The van der Waals surface area contributed by atoms with E-state index in [1.807, 2.05) is 0 Å². The topological polar surface area (TPSA) is 0 Å². The second kappa shape index (κ2) is 6.74. The lowest BCUT2D eigenvalue weighted by molar-refractivity contribution is 0.465. The van der Waals surface area contributed by atoms with E-state index in [1.54, 1.807) is 30.9 Å². The van der Waals surface area contributed by atoms with E-state index in [4.69, 9.17) is 0 Å². The molecular formula is C18H28Si. The lowest BCUT2D eigenvalue weighted by atomic mass is 9.99. The summed E-state index contributed by atoms with van der Waals surface area (Å²) in [4.78, 5) is 0. The molecule has 0 amide bonds. The normalized spacial score (nSPS) is 22.8. The molecule has 2 saturated carbocycles. The van der Waals surface area contributed by atoms with E-state index in [2.05, 4.69) is 30.3 Å². The fourth-order valence-electron chi connectivity index (χ4n) is 4.59. The first kappa shape index (κ1) is 13.4. The average molecular weight is 273 g/mol. The fraction of sp³-hybridized carbons (Fsp3) is 0.667. The molecule has 3 rings (SSSR count). The van der Waals surface area contributed by atoms with Crippen LogP contribution in [-0.2, 0) is 0 Å². The van der Waals surface area contributed by atoms with Crippen LogP contribution in [0.3, 0.4) is 0 Å². The van der Waals surface area contributed by atoms with Crippen molar-refractivity contribution < 1.29 is 0 Å². The minimum Gasteiger partial charge on any atom is -0.0633 e. The number of hydrogen-bond acceptors (Lipinski definition) is 0. The van der Waals surface area contributed by atoms with Crippen LogP contribution >= 0.6 is 0 Å². The van der Waals surface area contributed by atoms with Gasteiger partial charge in [-0.15, -0.1) is 0 Å². The van der Waals surface area contributed by atoms with Crippen LogP contribution in [-0.4, -0.2) is 8.80 Å².